The van der Waals surface area contributed by atoms with Crippen molar-refractivity contribution in [2.75, 3.05) is 18.1 Å². The van der Waals surface area contributed by atoms with Crippen LogP contribution in [0.3, 0.4) is 0 Å². The Morgan fingerprint density at radius 2 is 2.14 bits per heavy atom. The number of hydrogen-bond donors (Lipinski definition) is 0. The van der Waals surface area contributed by atoms with Gasteiger partial charge >= 0.3 is 0 Å². The van der Waals surface area contributed by atoms with Crippen molar-refractivity contribution in [2.45, 2.75) is 37.6 Å². The van der Waals surface area contributed by atoms with Crippen LogP contribution in [-0.2, 0) is 29.1 Å². The third kappa shape index (κ3) is 4.94. The standard InChI is InChI=1S/C19H25N3O4S2/c1-4-26-17-6-5-15(13(2)23)10-16(17)11-27-19-21-20-18(22(19)3)9-14-7-8-28(24,25)12-14/h5-6,10,14H,4,7-9,11-12H2,1-3H3. The molecule has 1 saturated heterocycles. The van der Waals surface area contributed by atoms with Crippen molar-refractivity contribution in [3.8, 4) is 5.75 Å². The first-order chi connectivity index (χ1) is 13.3. The summed E-state index contributed by atoms with van der Waals surface area (Å²) in [6.07, 6.45) is 1.31. The monoisotopic (exact) mass is 423 g/mol. The minimum absolute atomic E-state index is 0.0155. The first-order valence-corrected chi connectivity index (χ1v) is 12.1. The zero-order chi connectivity index (χ0) is 20.3. The summed E-state index contributed by atoms with van der Waals surface area (Å²) >= 11 is 1.52. The molecule has 9 heteroatoms. The Kier molecular flexibility index (Phi) is 6.44. The van der Waals surface area contributed by atoms with Crippen LogP contribution in [-0.4, -0.2) is 47.1 Å². The quantitative estimate of drug-likeness (QED) is 0.476. The molecule has 0 aliphatic carbocycles. The van der Waals surface area contributed by atoms with Crippen LogP contribution in [0.15, 0.2) is 23.4 Å². The highest BCUT2D eigenvalue weighted by Crippen LogP contribution is 2.29. The Morgan fingerprint density at radius 1 is 1.36 bits per heavy atom. The second kappa shape index (κ2) is 8.65. The molecule has 3 rings (SSSR count). The number of hydrogen-bond acceptors (Lipinski definition) is 7. The smallest absolute Gasteiger partial charge is 0.191 e. The van der Waals surface area contributed by atoms with Gasteiger partial charge in [-0.15, -0.1) is 10.2 Å². The Balaban J connectivity index is 1.70. The molecular weight excluding hydrogens is 398 g/mol. The number of benzene rings is 1. The molecule has 2 aromatic rings. The largest absolute Gasteiger partial charge is 0.494 e. The van der Waals surface area contributed by atoms with Gasteiger partial charge in [0.05, 0.1) is 18.1 Å². The first-order valence-electron chi connectivity index (χ1n) is 9.27. The molecule has 1 unspecified atom stereocenters. The molecule has 0 saturated carbocycles. The number of rotatable bonds is 8. The number of ether oxygens (including phenoxy) is 1. The van der Waals surface area contributed by atoms with Gasteiger partial charge in [0.2, 0.25) is 0 Å². The van der Waals surface area contributed by atoms with E-state index >= 15 is 0 Å². The van der Waals surface area contributed by atoms with Crippen molar-refractivity contribution < 1.29 is 17.9 Å². The van der Waals surface area contributed by atoms with Gasteiger partial charge in [-0.1, -0.05) is 11.8 Å². The van der Waals surface area contributed by atoms with Crippen LogP contribution in [0.4, 0.5) is 0 Å². The van der Waals surface area contributed by atoms with Crippen molar-refractivity contribution in [1.82, 2.24) is 14.8 Å². The molecule has 152 valence electrons. The molecule has 1 aromatic carbocycles. The van der Waals surface area contributed by atoms with Gasteiger partial charge in [0.1, 0.15) is 11.6 Å². The van der Waals surface area contributed by atoms with E-state index in [9.17, 15) is 13.2 Å². The zero-order valence-corrected chi connectivity index (χ0v) is 18.0. The van der Waals surface area contributed by atoms with Gasteiger partial charge in [-0.05, 0) is 44.4 Å². The van der Waals surface area contributed by atoms with Gasteiger partial charge in [0.15, 0.2) is 20.8 Å². The van der Waals surface area contributed by atoms with E-state index < -0.39 is 9.84 Å². The number of carbonyl (C=O) groups is 1. The van der Waals surface area contributed by atoms with Gasteiger partial charge in [-0.3, -0.25) is 4.79 Å². The Hall–Kier alpha value is -1.87. The molecule has 1 aliphatic rings. The Bertz CT molecular complexity index is 970. The van der Waals surface area contributed by atoms with Crippen LogP contribution in [0.1, 0.15) is 42.0 Å². The lowest BCUT2D eigenvalue weighted by Crippen LogP contribution is -2.11. The summed E-state index contributed by atoms with van der Waals surface area (Å²) in [5, 5.41) is 9.27. The molecule has 0 amide bonds. The summed E-state index contributed by atoms with van der Waals surface area (Å²) in [4.78, 5) is 11.7. The van der Waals surface area contributed by atoms with E-state index in [1.807, 2.05) is 30.7 Å². The maximum absolute atomic E-state index is 11.7. The normalized spacial score (nSPS) is 18.3. The summed E-state index contributed by atoms with van der Waals surface area (Å²) in [6.45, 7) is 4.02. The van der Waals surface area contributed by atoms with Gasteiger partial charge in [-0.25, -0.2) is 8.42 Å². The highest BCUT2D eigenvalue weighted by atomic mass is 32.2. The fourth-order valence-corrected chi connectivity index (χ4v) is 6.06. The van der Waals surface area contributed by atoms with Crippen molar-refractivity contribution in [1.29, 1.82) is 0 Å². The predicted molar refractivity (Wildman–Crippen MR) is 109 cm³/mol. The first kappa shape index (κ1) is 20.9. The highest BCUT2D eigenvalue weighted by Gasteiger charge is 2.29. The van der Waals surface area contributed by atoms with E-state index in [0.29, 0.717) is 30.8 Å². The van der Waals surface area contributed by atoms with Crippen LogP contribution < -0.4 is 4.74 Å². The molecule has 0 N–H and O–H groups in total. The summed E-state index contributed by atoms with van der Waals surface area (Å²) in [5.74, 6) is 2.79. The number of thioether (sulfide) groups is 1. The molecule has 7 nitrogen and oxygen atoms in total. The minimum atomic E-state index is -2.89. The molecule has 1 atom stereocenters. The summed E-state index contributed by atoms with van der Waals surface area (Å²) in [5.41, 5.74) is 1.59. The lowest BCUT2D eigenvalue weighted by molar-refractivity contribution is 0.101. The second-order valence-corrected chi connectivity index (χ2v) is 10.2. The molecule has 1 aliphatic heterocycles. The zero-order valence-electron chi connectivity index (χ0n) is 16.3. The Morgan fingerprint density at radius 3 is 2.79 bits per heavy atom. The van der Waals surface area contributed by atoms with Gasteiger partial charge in [0, 0.05) is 30.3 Å². The third-order valence-corrected chi connectivity index (χ3v) is 7.75. The lowest BCUT2D eigenvalue weighted by Gasteiger charge is -2.11. The number of ketones is 1. The molecule has 0 bridgehead atoms. The van der Waals surface area contributed by atoms with E-state index in [2.05, 4.69) is 10.2 Å². The van der Waals surface area contributed by atoms with Crippen molar-refractivity contribution in [2.24, 2.45) is 13.0 Å². The van der Waals surface area contributed by atoms with Crippen molar-refractivity contribution in [3.63, 3.8) is 0 Å². The lowest BCUT2D eigenvalue weighted by atomic mass is 10.1. The number of nitrogens with zero attached hydrogens (tertiary/aromatic N) is 3. The number of sulfone groups is 1. The van der Waals surface area contributed by atoms with Crippen LogP contribution in [0.25, 0.3) is 0 Å². The summed E-state index contributed by atoms with van der Waals surface area (Å²) < 4.78 is 30.9. The number of aromatic nitrogens is 3. The van der Waals surface area contributed by atoms with Crippen LogP contribution in [0, 0.1) is 5.92 Å². The van der Waals surface area contributed by atoms with E-state index in [-0.39, 0.29) is 23.2 Å². The number of Topliss-reactive ketones (excluding diaryl/α,β-unsaturated/α-hetero) is 1. The fourth-order valence-electron chi connectivity index (χ4n) is 3.29. The average molecular weight is 424 g/mol. The molecule has 2 heterocycles. The minimum Gasteiger partial charge on any atom is -0.494 e. The molecule has 0 spiro atoms. The number of carbonyl (C=O) groups excluding carboxylic acids is 1. The fraction of sp³-hybridized carbons (Fsp3) is 0.526. The van der Waals surface area contributed by atoms with Gasteiger partial charge in [0.25, 0.3) is 0 Å². The Labute approximate surface area is 169 Å². The van der Waals surface area contributed by atoms with Crippen molar-refractivity contribution in [3.05, 3.63) is 35.2 Å². The summed E-state index contributed by atoms with van der Waals surface area (Å²) in [6, 6.07) is 5.47. The molecular formula is C19H25N3O4S2. The second-order valence-electron chi connectivity index (χ2n) is 7.03. The topological polar surface area (TPSA) is 91.2 Å². The molecule has 1 aromatic heterocycles. The van der Waals surface area contributed by atoms with E-state index in [0.717, 1.165) is 22.3 Å². The highest BCUT2D eigenvalue weighted by molar-refractivity contribution is 7.98. The van der Waals surface area contributed by atoms with Crippen LogP contribution in [0.2, 0.25) is 0 Å². The SMILES string of the molecule is CCOc1ccc(C(C)=O)cc1CSc1nnc(CC2CCS(=O)(=O)C2)n1C. The predicted octanol–water partition coefficient (Wildman–Crippen LogP) is 2.69. The maximum Gasteiger partial charge on any atom is 0.191 e. The maximum atomic E-state index is 11.7. The van der Waals surface area contributed by atoms with E-state index in [1.165, 1.54) is 11.8 Å². The average Bonchev–Trinajstić information content (AvgIpc) is 3.16. The third-order valence-electron chi connectivity index (χ3n) is 4.85. The van der Waals surface area contributed by atoms with Gasteiger partial charge in [-0.2, -0.15) is 0 Å². The van der Waals surface area contributed by atoms with Crippen molar-refractivity contribution >= 4 is 27.4 Å². The summed E-state index contributed by atoms with van der Waals surface area (Å²) in [7, 11) is -0.994. The molecule has 1 fully saturated rings. The van der Waals surface area contributed by atoms with Crippen LogP contribution >= 0.6 is 11.8 Å². The molecule has 0 radical (unpaired) electrons. The van der Waals surface area contributed by atoms with E-state index in [4.69, 9.17) is 4.74 Å². The van der Waals surface area contributed by atoms with Crippen LogP contribution in [0.5, 0.6) is 5.75 Å². The van der Waals surface area contributed by atoms with Gasteiger partial charge < -0.3 is 9.30 Å². The van der Waals surface area contributed by atoms with E-state index in [1.54, 1.807) is 13.0 Å². The molecule has 28 heavy (non-hydrogen) atoms.